The van der Waals surface area contributed by atoms with Gasteiger partial charge in [0.2, 0.25) is 5.95 Å². The molecule has 2 aromatic heterocycles. The second kappa shape index (κ2) is 11.9. The fourth-order valence-electron chi connectivity index (χ4n) is 5.44. The van der Waals surface area contributed by atoms with Gasteiger partial charge in [-0.3, -0.25) is 0 Å². The highest BCUT2D eigenvalue weighted by Gasteiger charge is 2.21. The summed E-state index contributed by atoms with van der Waals surface area (Å²) in [7, 11) is 7.35. The molecule has 1 aliphatic heterocycles. The summed E-state index contributed by atoms with van der Waals surface area (Å²) in [5.74, 6) is 1.18. The molecule has 9 nitrogen and oxygen atoms in total. The van der Waals surface area contributed by atoms with Crippen molar-refractivity contribution < 1.29 is 9.47 Å². The summed E-state index contributed by atoms with van der Waals surface area (Å²) in [6, 6.07) is 10.4. The number of hydrogen-bond acceptors (Lipinski definition) is 8. The zero-order valence-corrected chi connectivity index (χ0v) is 23.4. The average Bonchev–Trinajstić information content (AvgIpc) is 3.33. The van der Waals surface area contributed by atoms with Gasteiger partial charge in [-0.2, -0.15) is 0 Å². The second-order valence-corrected chi connectivity index (χ2v) is 10.1. The lowest BCUT2D eigenvalue weighted by Crippen LogP contribution is -2.27. The molecular formula is C30H39N7O2. The van der Waals surface area contributed by atoms with Crippen LogP contribution in [0, 0.1) is 0 Å². The molecule has 0 amide bonds. The number of hydrogen-bond donors (Lipinski definition) is 3. The standard InChI is InChI=1S/C30H39N7O2/c1-32-12-14-36(2)26-17-27(39-4)25(16-24(26)31)34-30-33-18-21(10-7-15-38-3)28(35-30)23-19-37-13-6-9-20-8-5-11-22(23)29(20)37/h5,8,11,16-19,32H,6-7,9-10,12-15,31H2,1-4H3,(H,33,34,35). The minimum Gasteiger partial charge on any atom is -0.494 e. The molecule has 4 N–H and O–H groups in total. The van der Waals surface area contributed by atoms with Crippen molar-refractivity contribution in [3.8, 4) is 17.0 Å². The van der Waals surface area contributed by atoms with Crippen LogP contribution in [0.5, 0.6) is 5.75 Å². The Kier molecular flexibility index (Phi) is 8.18. The lowest BCUT2D eigenvalue weighted by atomic mass is 9.99. The van der Waals surface area contributed by atoms with Gasteiger partial charge in [0.05, 0.1) is 35.4 Å². The third kappa shape index (κ3) is 5.51. The van der Waals surface area contributed by atoms with Crippen LogP contribution in [0.1, 0.15) is 24.0 Å². The van der Waals surface area contributed by atoms with Crippen molar-refractivity contribution in [2.75, 3.05) is 64.0 Å². The van der Waals surface area contributed by atoms with Crippen LogP contribution in [0.15, 0.2) is 42.7 Å². The van der Waals surface area contributed by atoms with Gasteiger partial charge in [-0.25, -0.2) is 9.97 Å². The van der Waals surface area contributed by atoms with Gasteiger partial charge in [0.15, 0.2) is 0 Å². The fraction of sp³-hybridized carbons (Fsp3) is 0.400. The number of para-hydroxylation sites is 1. The zero-order chi connectivity index (χ0) is 27.4. The molecule has 0 aliphatic carbocycles. The Hall–Kier alpha value is -3.82. The summed E-state index contributed by atoms with van der Waals surface area (Å²) in [5, 5.41) is 7.79. The quantitative estimate of drug-likeness (QED) is 0.181. The molecule has 0 fully saturated rings. The predicted octanol–water partition coefficient (Wildman–Crippen LogP) is 4.61. The van der Waals surface area contributed by atoms with Crippen LogP contribution in [0.2, 0.25) is 0 Å². The van der Waals surface area contributed by atoms with Crippen molar-refractivity contribution in [1.82, 2.24) is 19.9 Å². The molecule has 0 bridgehead atoms. The van der Waals surface area contributed by atoms with E-state index in [1.165, 1.54) is 16.5 Å². The maximum Gasteiger partial charge on any atom is 0.227 e. The monoisotopic (exact) mass is 529 g/mol. The van der Waals surface area contributed by atoms with Gasteiger partial charge in [0.1, 0.15) is 5.75 Å². The lowest BCUT2D eigenvalue weighted by Gasteiger charge is -2.23. The highest BCUT2D eigenvalue weighted by atomic mass is 16.5. The maximum atomic E-state index is 6.47. The molecule has 206 valence electrons. The van der Waals surface area contributed by atoms with Crippen LogP contribution >= 0.6 is 0 Å². The molecule has 9 heteroatoms. The number of methoxy groups -OCH3 is 2. The number of anilines is 4. The van der Waals surface area contributed by atoms with Crippen molar-refractivity contribution >= 4 is 33.9 Å². The molecule has 0 atom stereocenters. The number of nitrogens with two attached hydrogens (primary N) is 1. The Balaban J connectivity index is 1.53. The van der Waals surface area contributed by atoms with Crippen LogP contribution in [-0.4, -0.2) is 62.5 Å². The number of ether oxygens (including phenoxy) is 2. The Bertz CT molecular complexity index is 1450. The van der Waals surface area contributed by atoms with E-state index in [1.807, 2.05) is 32.4 Å². The van der Waals surface area contributed by atoms with Crippen molar-refractivity contribution in [3.63, 3.8) is 0 Å². The van der Waals surface area contributed by atoms with E-state index in [0.29, 0.717) is 24.0 Å². The van der Waals surface area contributed by atoms with E-state index in [0.717, 1.165) is 73.5 Å². The summed E-state index contributed by atoms with van der Waals surface area (Å²) in [4.78, 5) is 11.9. The van der Waals surface area contributed by atoms with Crippen LogP contribution in [-0.2, 0) is 24.1 Å². The van der Waals surface area contributed by atoms with Crippen LogP contribution in [0.4, 0.5) is 23.0 Å². The molecule has 0 saturated heterocycles. The Morgan fingerprint density at radius 2 is 2.08 bits per heavy atom. The van der Waals surface area contributed by atoms with Crippen molar-refractivity contribution in [3.05, 3.63) is 53.9 Å². The van der Waals surface area contributed by atoms with E-state index in [9.17, 15) is 0 Å². The van der Waals surface area contributed by atoms with E-state index >= 15 is 0 Å². The molecule has 3 heterocycles. The van der Waals surface area contributed by atoms with Crippen LogP contribution in [0.25, 0.3) is 22.2 Å². The first kappa shape index (κ1) is 26.8. The first-order chi connectivity index (χ1) is 19.0. The first-order valence-electron chi connectivity index (χ1n) is 13.6. The summed E-state index contributed by atoms with van der Waals surface area (Å²) in [6.07, 6.45) is 8.19. The number of nitrogens with one attached hydrogen (secondary N) is 2. The highest BCUT2D eigenvalue weighted by molar-refractivity contribution is 5.98. The molecule has 1 aliphatic rings. The lowest BCUT2D eigenvalue weighted by molar-refractivity contribution is 0.195. The molecule has 4 aromatic rings. The number of aromatic nitrogens is 3. The topological polar surface area (TPSA) is 102 Å². The number of rotatable bonds is 12. The SMILES string of the molecule is CNCCN(C)c1cc(OC)c(Nc2ncc(CCCOC)c(-c3cn4c5c(cccc35)CCC4)n2)cc1N. The minimum absolute atomic E-state index is 0.501. The molecule has 0 radical (unpaired) electrons. The van der Waals surface area contributed by atoms with E-state index in [2.05, 4.69) is 44.5 Å². The molecule has 0 spiro atoms. The first-order valence-corrected chi connectivity index (χ1v) is 13.6. The molecule has 39 heavy (non-hydrogen) atoms. The molecule has 0 unspecified atom stereocenters. The van der Waals surface area contributed by atoms with Gasteiger partial charge in [-0.1, -0.05) is 18.2 Å². The third-order valence-electron chi connectivity index (χ3n) is 7.44. The number of aryl methyl sites for hydroxylation is 3. The number of likely N-dealkylation sites (N-methyl/N-ethyl adjacent to an activating group) is 2. The predicted molar refractivity (Wildman–Crippen MR) is 159 cm³/mol. The normalized spacial score (nSPS) is 12.6. The van der Waals surface area contributed by atoms with E-state index < -0.39 is 0 Å². The molecule has 2 aromatic carbocycles. The van der Waals surface area contributed by atoms with E-state index in [-0.39, 0.29) is 0 Å². The van der Waals surface area contributed by atoms with Gasteiger partial charge in [-0.15, -0.1) is 0 Å². The summed E-state index contributed by atoms with van der Waals surface area (Å²) in [6.45, 7) is 3.39. The van der Waals surface area contributed by atoms with E-state index in [4.69, 9.17) is 25.2 Å². The minimum atomic E-state index is 0.501. The number of nitrogens with zero attached hydrogens (tertiary/aromatic N) is 4. The van der Waals surface area contributed by atoms with Crippen LogP contribution < -0.4 is 26.0 Å². The second-order valence-electron chi connectivity index (χ2n) is 10.1. The third-order valence-corrected chi connectivity index (χ3v) is 7.44. The Morgan fingerprint density at radius 1 is 1.21 bits per heavy atom. The van der Waals surface area contributed by atoms with Crippen molar-refractivity contribution in [2.24, 2.45) is 0 Å². The van der Waals surface area contributed by atoms with Gasteiger partial charge in [0.25, 0.3) is 0 Å². The van der Waals surface area contributed by atoms with Crippen molar-refractivity contribution in [2.45, 2.75) is 32.2 Å². The summed E-state index contributed by atoms with van der Waals surface area (Å²) >= 11 is 0. The molecular weight excluding hydrogens is 490 g/mol. The molecule has 5 rings (SSSR count). The smallest absolute Gasteiger partial charge is 0.227 e. The number of benzene rings is 2. The van der Waals surface area contributed by atoms with Gasteiger partial charge >= 0.3 is 0 Å². The zero-order valence-electron chi connectivity index (χ0n) is 23.4. The largest absolute Gasteiger partial charge is 0.494 e. The van der Waals surface area contributed by atoms with Crippen molar-refractivity contribution in [1.29, 1.82) is 0 Å². The average molecular weight is 530 g/mol. The van der Waals surface area contributed by atoms with Gasteiger partial charge in [-0.05, 0) is 49.9 Å². The van der Waals surface area contributed by atoms with Crippen LogP contribution in [0.3, 0.4) is 0 Å². The Morgan fingerprint density at radius 3 is 2.87 bits per heavy atom. The number of nitrogen functional groups attached to an aromatic ring is 1. The maximum absolute atomic E-state index is 6.47. The Labute approximate surface area is 230 Å². The van der Waals surface area contributed by atoms with Gasteiger partial charge < -0.3 is 35.3 Å². The summed E-state index contributed by atoms with van der Waals surface area (Å²) < 4.78 is 13.4. The highest BCUT2D eigenvalue weighted by Crippen LogP contribution is 2.38. The molecule has 0 saturated carbocycles. The van der Waals surface area contributed by atoms with Gasteiger partial charge in [0, 0.05) is 69.8 Å². The van der Waals surface area contributed by atoms with E-state index in [1.54, 1.807) is 14.2 Å². The fourth-order valence-corrected chi connectivity index (χ4v) is 5.44. The summed E-state index contributed by atoms with van der Waals surface area (Å²) in [5.41, 5.74) is 14.7.